The third-order valence-electron chi connectivity index (χ3n) is 2.32. The molecule has 0 saturated carbocycles. The number of rotatable bonds is 4. The predicted molar refractivity (Wildman–Crippen MR) is 75.9 cm³/mol. The van der Waals surface area contributed by atoms with E-state index < -0.39 is 10.0 Å². The third kappa shape index (κ3) is 3.12. The fourth-order valence-electron chi connectivity index (χ4n) is 1.39. The topological polar surface area (TPSA) is 81.2 Å². The van der Waals surface area contributed by atoms with Crippen LogP contribution in [0, 0.1) is 0 Å². The molecule has 0 aliphatic heterocycles. The van der Waals surface area contributed by atoms with Crippen molar-refractivity contribution < 1.29 is 13.2 Å². The molecule has 9 heteroatoms. The van der Waals surface area contributed by atoms with Gasteiger partial charge in [-0.2, -0.15) is 0 Å². The monoisotopic (exact) mass is 333 g/mol. The molecule has 1 heterocycles. The number of nitrogens with one attached hydrogen (secondary N) is 1. The van der Waals surface area contributed by atoms with Crippen LogP contribution in [0.2, 0.25) is 10.2 Å². The Morgan fingerprint density at radius 3 is 2.50 bits per heavy atom. The van der Waals surface area contributed by atoms with E-state index in [9.17, 15) is 8.42 Å². The van der Waals surface area contributed by atoms with Crippen LogP contribution in [0.15, 0.2) is 35.5 Å². The molecule has 0 atom stereocenters. The summed E-state index contributed by atoms with van der Waals surface area (Å²) in [7, 11) is -2.42. The Morgan fingerprint density at radius 1 is 1.20 bits per heavy atom. The minimum atomic E-state index is -3.86. The molecule has 1 N–H and O–H groups in total. The summed E-state index contributed by atoms with van der Waals surface area (Å²) in [6.45, 7) is 0. The molecule has 0 unspecified atom stereocenters. The summed E-state index contributed by atoms with van der Waals surface area (Å²) in [5.74, 6) is 0.323. The van der Waals surface area contributed by atoms with Gasteiger partial charge in [0.05, 0.1) is 17.0 Å². The van der Waals surface area contributed by atoms with Gasteiger partial charge in [-0.1, -0.05) is 23.2 Å². The molecule has 106 valence electrons. The smallest absolute Gasteiger partial charge is 0.263 e. The van der Waals surface area contributed by atoms with Crippen LogP contribution in [0.1, 0.15) is 0 Å². The van der Waals surface area contributed by atoms with Crippen LogP contribution < -0.4 is 9.46 Å². The lowest BCUT2D eigenvalue weighted by atomic mass is 10.3. The normalized spacial score (nSPS) is 11.2. The Morgan fingerprint density at radius 2 is 1.90 bits per heavy atom. The van der Waals surface area contributed by atoms with Gasteiger partial charge in [-0.25, -0.2) is 18.4 Å². The Balaban J connectivity index is 2.36. The number of methoxy groups -OCH3 is 1. The highest BCUT2D eigenvalue weighted by Crippen LogP contribution is 2.28. The van der Waals surface area contributed by atoms with E-state index in [1.54, 1.807) is 0 Å². The van der Waals surface area contributed by atoms with E-state index in [-0.39, 0.29) is 20.9 Å². The van der Waals surface area contributed by atoms with E-state index in [1.807, 2.05) is 0 Å². The molecule has 0 bridgehead atoms. The summed E-state index contributed by atoms with van der Waals surface area (Å²) in [6, 6.07) is 4.08. The minimum absolute atomic E-state index is 0.0370. The van der Waals surface area contributed by atoms with Crippen molar-refractivity contribution in [3.63, 3.8) is 0 Å². The van der Waals surface area contributed by atoms with Gasteiger partial charge in [-0.15, -0.1) is 0 Å². The number of anilines is 1. The van der Waals surface area contributed by atoms with Crippen molar-refractivity contribution in [2.24, 2.45) is 0 Å². The first-order valence-electron chi connectivity index (χ1n) is 5.27. The number of hydrogen-bond donors (Lipinski definition) is 1. The van der Waals surface area contributed by atoms with Crippen LogP contribution in [-0.4, -0.2) is 25.5 Å². The van der Waals surface area contributed by atoms with Crippen LogP contribution >= 0.6 is 23.2 Å². The Labute approximate surface area is 125 Å². The molecule has 2 rings (SSSR count). The standard InChI is InChI=1S/C11H9Cl2N3O3S/c1-19-9-3-2-7(6-8(9)12)20(17,18)16-11-10(13)14-4-5-15-11/h2-6H,1H3,(H,15,16). The molecular formula is C11H9Cl2N3O3S. The van der Waals surface area contributed by atoms with Gasteiger partial charge in [-0.05, 0) is 18.2 Å². The molecule has 0 radical (unpaired) electrons. The summed E-state index contributed by atoms with van der Waals surface area (Å²) in [6.07, 6.45) is 2.68. The number of nitrogens with zero attached hydrogens (tertiary/aromatic N) is 2. The van der Waals surface area contributed by atoms with Crippen LogP contribution in [0.4, 0.5) is 5.82 Å². The quantitative estimate of drug-likeness (QED) is 0.929. The molecule has 0 spiro atoms. The zero-order chi connectivity index (χ0) is 14.8. The van der Waals surface area contributed by atoms with Gasteiger partial charge in [0, 0.05) is 12.4 Å². The van der Waals surface area contributed by atoms with E-state index in [0.717, 1.165) is 0 Å². The number of ether oxygens (including phenoxy) is 1. The molecule has 2 aromatic rings. The van der Waals surface area contributed by atoms with Gasteiger partial charge in [0.25, 0.3) is 10.0 Å². The largest absolute Gasteiger partial charge is 0.495 e. The van der Waals surface area contributed by atoms with Gasteiger partial charge in [0.2, 0.25) is 0 Å². The number of halogens is 2. The lowest BCUT2D eigenvalue weighted by Crippen LogP contribution is -2.14. The Kier molecular flexibility index (Phi) is 4.32. The van der Waals surface area contributed by atoms with E-state index in [4.69, 9.17) is 27.9 Å². The van der Waals surface area contributed by atoms with Crippen LogP contribution in [-0.2, 0) is 10.0 Å². The second-order valence-electron chi connectivity index (χ2n) is 3.60. The maximum Gasteiger partial charge on any atom is 0.263 e. The van der Waals surface area contributed by atoms with Gasteiger partial charge in [0.15, 0.2) is 11.0 Å². The summed E-state index contributed by atoms with van der Waals surface area (Å²) in [5, 5.41) is 0.135. The van der Waals surface area contributed by atoms with Crippen LogP contribution in [0.25, 0.3) is 0 Å². The highest BCUT2D eigenvalue weighted by Gasteiger charge is 2.18. The van der Waals surface area contributed by atoms with Crippen molar-refractivity contribution in [1.29, 1.82) is 0 Å². The number of benzene rings is 1. The highest BCUT2D eigenvalue weighted by atomic mass is 35.5. The SMILES string of the molecule is COc1ccc(S(=O)(=O)Nc2nccnc2Cl)cc1Cl. The fourth-order valence-corrected chi connectivity index (χ4v) is 2.96. The highest BCUT2D eigenvalue weighted by molar-refractivity contribution is 7.92. The summed E-state index contributed by atoms with van der Waals surface area (Å²) in [4.78, 5) is 7.50. The van der Waals surface area contributed by atoms with E-state index in [1.165, 1.54) is 37.7 Å². The summed E-state index contributed by atoms with van der Waals surface area (Å²) >= 11 is 11.6. The molecule has 0 aliphatic carbocycles. The summed E-state index contributed by atoms with van der Waals surface area (Å²) < 4.78 is 31.5. The first-order chi connectivity index (χ1) is 9.44. The van der Waals surface area contributed by atoms with Gasteiger partial charge >= 0.3 is 0 Å². The molecular weight excluding hydrogens is 325 g/mol. The van der Waals surface area contributed by atoms with Gasteiger partial charge in [0.1, 0.15) is 5.75 Å². The minimum Gasteiger partial charge on any atom is -0.495 e. The van der Waals surface area contributed by atoms with Crippen LogP contribution in [0.5, 0.6) is 5.75 Å². The molecule has 1 aromatic heterocycles. The molecule has 0 saturated heterocycles. The maximum absolute atomic E-state index is 12.2. The second-order valence-corrected chi connectivity index (χ2v) is 6.05. The van der Waals surface area contributed by atoms with Crippen LogP contribution in [0.3, 0.4) is 0 Å². The van der Waals surface area contributed by atoms with E-state index in [2.05, 4.69) is 14.7 Å². The Hall–Kier alpha value is -1.57. The lowest BCUT2D eigenvalue weighted by Gasteiger charge is -2.09. The number of aromatic nitrogens is 2. The first kappa shape index (κ1) is 14.8. The Bertz CT molecular complexity index is 737. The van der Waals surface area contributed by atoms with Crippen molar-refractivity contribution in [3.8, 4) is 5.75 Å². The van der Waals surface area contributed by atoms with Crippen molar-refractivity contribution in [2.75, 3.05) is 11.8 Å². The van der Waals surface area contributed by atoms with E-state index in [0.29, 0.717) is 5.75 Å². The van der Waals surface area contributed by atoms with Gasteiger partial charge < -0.3 is 4.74 Å². The van der Waals surface area contributed by atoms with E-state index >= 15 is 0 Å². The third-order valence-corrected chi connectivity index (χ3v) is 4.23. The van der Waals surface area contributed by atoms with Crippen molar-refractivity contribution >= 4 is 39.0 Å². The fraction of sp³-hybridized carbons (Fsp3) is 0.0909. The zero-order valence-electron chi connectivity index (χ0n) is 10.2. The van der Waals surface area contributed by atoms with Gasteiger partial charge in [-0.3, -0.25) is 4.72 Å². The average Bonchev–Trinajstić information content (AvgIpc) is 2.41. The number of hydrogen-bond acceptors (Lipinski definition) is 5. The zero-order valence-corrected chi connectivity index (χ0v) is 12.5. The lowest BCUT2D eigenvalue weighted by molar-refractivity contribution is 0.414. The second kappa shape index (κ2) is 5.82. The summed E-state index contributed by atoms with van der Waals surface area (Å²) in [5.41, 5.74) is 0. The van der Waals surface area contributed by atoms with Crippen molar-refractivity contribution in [2.45, 2.75) is 4.90 Å². The maximum atomic E-state index is 12.2. The molecule has 20 heavy (non-hydrogen) atoms. The molecule has 0 fully saturated rings. The molecule has 6 nitrogen and oxygen atoms in total. The average molecular weight is 334 g/mol. The predicted octanol–water partition coefficient (Wildman–Crippen LogP) is 2.59. The molecule has 0 amide bonds. The number of sulfonamides is 1. The van der Waals surface area contributed by atoms with Crippen molar-refractivity contribution in [3.05, 3.63) is 40.8 Å². The molecule has 0 aliphatic rings. The molecule has 1 aromatic carbocycles. The van der Waals surface area contributed by atoms with Crippen molar-refractivity contribution in [1.82, 2.24) is 9.97 Å². The first-order valence-corrected chi connectivity index (χ1v) is 7.51.